The van der Waals surface area contributed by atoms with Gasteiger partial charge in [-0.3, -0.25) is 4.79 Å². The van der Waals surface area contributed by atoms with Gasteiger partial charge in [0.1, 0.15) is 23.9 Å². The summed E-state index contributed by atoms with van der Waals surface area (Å²) in [5, 5.41) is 31.7. The molecule has 2 saturated heterocycles. The molecule has 2 heterocycles. The number of aliphatic hydroxyl groups excluding tert-OH is 3. The number of epoxide rings is 1. The minimum absolute atomic E-state index is 0.267. The summed E-state index contributed by atoms with van der Waals surface area (Å²) in [7, 11) is 0. The van der Waals surface area contributed by atoms with Crippen LogP contribution in [-0.4, -0.2) is 70.6 Å². The molecule has 0 amide bonds. The van der Waals surface area contributed by atoms with Crippen LogP contribution in [0.2, 0.25) is 0 Å². The third kappa shape index (κ3) is 1.62. The lowest BCUT2D eigenvalue weighted by Gasteiger charge is -2.58. The molecule has 134 valence electrons. The van der Waals surface area contributed by atoms with Crippen LogP contribution in [0, 0.1) is 10.8 Å². The number of carbonyl (C=O) groups is 1. The van der Waals surface area contributed by atoms with Crippen LogP contribution in [-0.2, 0) is 19.0 Å². The molecule has 7 nitrogen and oxygen atoms in total. The first-order valence-electron chi connectivity index (χ1n) is 8.35. The second-order valence-corrected chi connectivity index (χ2v) is 7.82. The van der Waals surface area contributed by atoms with E-state index in [2.05, 4.69) is 0 Å². The van der Waals surface area contributed by atoms with Crippen molar-refractivity contribution in [3.8, 4) is 0 Å². The highest BCUT2D eigenvalue weighted by molar-refractivity contribution is 5.66. The van der Waals surface area contributed by atoms with Gasteiger partial charge in [-0.2, -0.15) is 0 Å². The molecule has 8 atom stereocenters. The summed E-state index contributed by atoms with van der Waals surface area (Å²) in [6.45, 7) is 5.15. The van der Waals surface area contributed by atoms with E-state index in [0.29, 0.717) is 13.0 Å². The van der Waals surface area contributed by atoms with Crippen LogP contribution in [0.15, 0.2) is 11.6 Å². The molecule has 0 aromatic heterocycles. The van der Waals surface area contributed by atoms with Gasteiger partial charge < -0.3 is 29.5 Å². The Morgan fingerprint density at radius 3 is 2.67 bits per heavy atom. The average molecular weight is 340 g/mol. The van der Waals surface area contributed by atoms with E-state index in [1.54, 1.807) is 0 Å². The molecule has 2 aliphatic carbocycles. The third-order valence-electron chi connectivity index (χ3n) is 6.95. The minimum atomic E-state index is -1.09. The largest absolute Gasteiger partial charge is 0.458 e. The Kier molecular flexibility index (Phi) is 3.29. The van der Waals surface area contributed by atoms with Crippen LogP contribution in [0.1, 0.15) is 27.2 Å². The molecule has 0 aromatic carbocycles. The quantitative estimate of drug-likeness (QED) is 0.354. The van der Waals surface area contributed by atoms with Crippen molar-refractivity contribution in [1.82, 2.24) is 0 Å². The second kappa shape index (κ2) is 4.80. The molecule has 24 heavy (non-hydrogen) atoms. The molecular formula is C17H24O7. The average Bonchev–Trinajstić information content (AvgIpc) is 3.31. The molecule has 1 saturated carbocycles. The zero-order valence-corrected chi connectivity index (χ0v) is 14.1. The maximum atomic E-state index is 11.4. The molecule has 2 bridgehead atoms. The fourth-order valence-electron chi connectivity index (χ4n) is 5.38. The van der Waals surface area contributed by atoms with Crippen molar-refractivity contribution < 1.29 is 34.3 Å². The smallest absolute Gasteiger partial charge is 0.303 e. The van der Waals surface area contributed by atoms with E-state index in [-0.39, 0.29) is 6.61 Å². The van der Waals surface area contributed by atoms with Crippen LogP contribution in [0.25, 0.3) is 0 Å². The molecule has 7 heteroatoms. The molecule has 1 unspecified atom stereocenters. The Morgan fingerprint density at radius 2 is 2.12 bits per heavy atom. The Bertz CT molecular complexity index is 612. The van der Waals surface area contributed by atoms with Gasteiger partial charge in [0.05, 0.1) is 25.4 Å². The summed E-state index contributed by atoms with van der Waals surface area (Å²) >= 11 is 0. The predicted octanol–water partition coefficient (Wildman–Crippen LogP) is -0.475. The summed E-state index contributed by atoms with van der Waals surface area (Å²) in [6, 6.07) is 0. The second-order valence-electron chi connectivity index (χ2n) is 7.82. The molecule has 4 aliphatic rings. The number of esters is 1. The van der Waals surface area contributed by atoms with Crippen molar-refractivity contribution in [3.63, 3.8) is 0 Å². The van der Waals surface area contributed by atoms with Crippen molar-refractivity contribution in [2.75, 3.05) is 13.2 Å². The number of carbonyl (C=O) groups excluding carboxylic acids is 1. The first-order valence-corrected chi connectivity index (χ1v) is 8.35. The third-order valence-corrected chi connectivity index (χ3v) is 6.95. The fraction of sp³-hybridized carbons (Fsp3) is 0.824. The van der Waals surface area contributed by atoms with Gasteiger partial charge in [0.15, 0.2) is 0 Å². The van der Waals surface area contributed by atoms with Crippen LogP contribution in [0.5, 0.6) is 0 Å². The summed E-state index contributed by atoms with van der Waals surface area (Å²) < 4.78 is 17.2. The lowest BCUT2D eigenvalue weighted by atomic mass is 9.51. The summed E-state index contributed by atoms with van der Waals surface area (Å²) in [5.74, 6) is -0.400. The lowest BCUT2D eigenvalue weighted by Crippen LogP contribution is -2.67. The van der Waals surface area contributed by atoms with Crippen LogP contribution >= 0.6 is 0 Å². The number of hydrogen-bond acceptors (Lipinski definition) is 7. The summed E-state index contributed by atoms with van der Waals surface area (Å²) in [5.41, 5.74) is -1.77. The minimum Gasteiger partial charge on any atom is -0.458 e. The molecule has 4 rings (SSSR count). The van der Waals surface area contributed by atoms with E-state index < -0.39 is 52.9 Å². The standard InChI is InChI=1S/C17H24O7/c1-8-4-11-16(6-18,5-10(8)23-9(2)19)15(3)13(21)12(20)14(24-11)17(15)7-22-17/h4,10-14,18,20-21H,5-7H2,1-3H3/t10-,11-,12-,13-,14-,15-,16-,17?/m0/s1. The molecular weight excluding hydrogens is 316 g/mol. The number of ether oxygens (including phenoxy) is 3. The maximum Gasteiger partial charge on any atom is 0.303 e. The van der Waals surface area contributed by atoms with Crippen LogP contribution in [0.3, 0.4) is 0 Å². The monoisotopic (exact) mass is 340 g/mol. The normalized spacial score (nSPS) is 55.1. The van der Waals surface area contributed by atoms with Gasteiger partial charge in [-0.25, -0.2) is 0 Å². The fourth-order valence-corrected chi connectivity index (χ4v) is 5.38. The van der Waals surface area contributed by atoms with Gasteiger partial charge in [0.25, 0.3) is 0 Å². The van der Waals surface area contributed by atoms with Gasteiger partial charge in [-0.1, -0.05) is 13.0 Å². The van der Waals surface area contributed by atoms with E-state index in [0.717, 1.165) is 5.57 Å². The van der Waals surface area contributed by atoms with Gasteiger partial charge in [-0.05, 0) is 18.9 Å². The van der Waals surface area contributed by atoms with Crippen LogP contribution in [0.4, 0.5) is 0 Å². The number of rotatable bonds is 2. The highest BCUT2D eigenvalue weighted by Crippen LogP contribution is 2.71. The van der Waals surface area contributed by atoms with Gasteiger partial charge >= 0.3 is 5.97 Å². The Labute approximate surface area is 140 Å². The maximum absolute atomic E-state index is 11.4. The van der Waals surface area contributed by atoms with Crippen molar-refractivity contribution in [2.24, 2.45) is 10.8 Å². The first kappa shape index (κ1) is 16.5. The van der Waals surface area contributed by atoms with E-state index in [1.807, 2.05) is 19.9 Å². The molecule has 0 radical (unpaired) electrons. The zero-order valence-electron chi connectivity index (χ0n) is 14.1. The van der Waals surface area contributed by atoms with Crippen molar-refractivity contribution >= 4 is 5.97 Å². The van der Waals surface area contributed by atoms with Crippen molar-refractivity contribution in [2.45, 2.75) is 63.3 Å². The topological polar surface area (TPSA) is 109 Å². The predicted molar refractivity (Wildman–Crippen MR) is 80.9 cm³/mol. The molecule has 3 N–H and O–H groups in total. The molecule has 2 aliphatic heterocycles. The van der Waals surface area contributed by atoms with Crippen molar-refractivity contribution in [3.05, 3.63) is 11.6 Å². The molecule has 3 fully saturated rings. The summed E-state index contributed by atoms with van der Waals surface area (Å²) in [6.07, 6.45) is -1.61. The van der Waals surface area contributed by atoms with Gasteiger partial charge in [-0.15, -0.1) is 0 Å². The number of fused-ring (bicyclic) bond motifs is 2. The lowest BCUT2D eigenvalue weighted by molar-refractivity contribution is -0.235. The highest BCUT2D eigenvalue weighted by atomic mass is 16.6. The number of aliphatic hydroxyl groups is 3. The van der Waals surface area contributed by atoms with Gasteiger partial charge in [0.2, 0.25) is 0 Å². The van der Waals surface area contributed by atoms with Gasteiger partial charge in [0, 0.05) is 17.8 Å². The van der Waals surface area contributed by atoms with Crippen molar-refractivity contribution in [1.29, 1.82) is 0 Å². The van der Waals surface area contributed by atoms with E-state index in [9.17, 15) is 20.1 Å². The summed E-state index contributed by atoms with van der Waals surface area (Å²) in [4.78, 5) is 11.4. The first-order chi connectivity index (χ1) is 11.2. The molecule has 0 aromatic rings. The Morgan fingerprint density at radius 1 is 1.46 bits per heavy atom. The Balaban J connectivity index is 1.84. The molecule has 1 spiro atoms. The van der Waals surface area contributed by atoms with E-state index in [1.165, 1.54) is 6.92 Å². The van der Waals surface area contributed by atoms with Crippen LogP contribution < -0.4 is 0 Å². The van der Waals surface area contributed by atoms with E-state index in [4.69, 9.17) is 14.2 Å². The number of hydrogen-bond donors (Lipinski definition) is 3. The highest BCUT2D eigenvalue weighted by Gasteiger charge is 2.84. The Hall–Kier alpha value is -0.990. The zero-order chi connectivity index (χ0) is 17.5. The SMILES string of the molecule is CC(=O)O[C@H]1C[C@]2(CO)[C@H](C=C1C)O[C@H]1[C@@H](O)[C@H](O)[C@]2(C)C12CO2. The van der Waals surface area contributed by atoms with E-state index >= 15 is 0 Å².